The van der Waals surface area contributed by atoms with E-state index < -0.39 is 5.82 Å². The topological polar surface area (TPSA) is 29.1 Å². The van der Waals surface area contributed by atoms with E-state index in [1.54, 1.807) is 0 Å². The number of halogens is 1. The van der Waals surface area contributed by atoms with Crippen LogP contribution in [0.2, 0.25) is 0 Å². The summed E-state index contributed by atoms with van der Waals surface area (Å²) in [5.74, 6) is 0.817. The van der Waals surface area contributed by atoms with E-state index in [-0.39, 0.29) is 16.8 Å². The standard InChI is InChI=1S/C15H20FNOS/c1-9-3-5-12(7-10(9)2)17-15(18)11-4-6-13(16)14(19)8-11/h4,6,8-10,12,19H,3,5,7H2,1-2H3,(H,17,18). The fourth-order valence-corrected chi connectivity index (χ4v) is 2.81. The molecule has 1 amide bonds. The minimum Gasteiger partial charge on any atom is -0.349 e. The molecule has 0 radical (unpaired) electrons. The zero-order chi connectivity index (χ0) is 14.0. The summed E-state index contributed by atoms with van der Waals surface area (Å²) in [4.78, 5) is 12.3. The maximum Gasteiger partial charge on any atom is 0.251 e. The maximum atomic E-state index is 13.1. The number of benzene rings is 1. The Kier molecular flexibility index (Phi) is 4.50. The molecule has 2 nitrogen and oxygen atoms in total. The van der Waals surface area contributed by atoms with Crippen LogP contribution in [0.1, 0.15) is 43.5 Å². The highest BCUT2D eigenvalue weighted by Crippen LogP contribution is 2.29. The van der Waals surface area contributed by atoms with Crippen molar-refractivity contribution in [1.29, 1.82) is 0 Å². The zero-order valence-electron chi connectivity index (χ0n) is 11.3. The van der Waals surface area contributed by atoms with E-state index in [1.165, 1.54) is 18.2 Å². The fraction of sp³-hybridized carbons (Fsp3) is 0.533. The molecular formula is C15H20FNOS. The van der Waals surface area contributed by atoms with E-state index in [9.17, 15) is 9.18 Å². The second-order valence-electron chi connectivity index (χ2n) is 5.60. The lowest BCUT2D eigenvalue weighted by molar-refractivity contribution is 0.0910. The Labute approximate surface area is 119 Å². The van der Waals surface area contributed by atoms with E-state index in [0.717, 1.165) is 25.2 Å². The minimum atomic E-state index is -0.403. The Hall–Kier alpha value is -1.03. The molecule has 1 N–H and O–H groups in total. The largest absolute Gasteiger partial charge is 0.349 e. The second-order valence-corrected chi connectivity index (χ2v) is 6.09. The van der Waals surface area contributed by atoms with Crippen LogP contribution in [0.3, 0.4) is 0 Å². The molecule has 3 unspecified atom stereocenters. The molecule has 19 heavy (non-hydrogen) atoms. The summed E-state index contributed by atoms with van der Waals surface area (Å²) in [6, 6.07) is 4.48. The third-order valence-electron chi connectivity index (χ3n) is 4.14. The predicted octanol–water partition coefficient (Wildman–Crippen LogP) is 3.67. The molecule has 0 bridgehead atoms. The molecule has 1 aliphatic carbocycles. The van der Waals surface area contributed by atoms with Crippen LogP contribution in [0.15, 0.2) is 23.1 Å². The van der Waals surface area contributed by atoms with Gasteiger partial charge in [0.05, 0.1) is 0 Å². The quantitative estimate of drug-likeness (QED) is 0.796. The molecule has 0 spiro atoms. The van der Waals surface area contributed by atoms with E-state index in [1.807, 2.05) is 0 Å². The summed E-state index contributed by atoms with van der Waals surface area (Å²) in [6.07, 6.45) is 3.18. The summed E-state index contributed by atoms with van der Waals surface area (Å²) < 4.78 is 13.1. The molecule has 2 rings (SSSR count). The molecule has 0 aliphatic heterocycles. The zero-order valence-corrected chi connectivity index (χ0v) is 12.2. The minimum absolute atomic E-state index is 0.137. The number of rotatable bonds is 2. The number of nitrogens with one attached hydrogen (secondary N) is 1. The molecule has 3 atom stereocenters. The number of amides is 1. The Balaban J connectivity index is 1.99. The van der Waals surface area contributed by atoms with Crippen molar-refractivity contribution in [2.75, 3.05) is 0 Å². The predicted molar refractivity (Wildman–Crippen MR) is 77.1 cm³/mol. The van der Waals surface area contributed by atoms with Gasteiger partial charge in [0.2, 0.25) is 0 Å². The lowest BCUT2D eigenvalue weighted by atomic mass is 9.79. The average Bonchev–Trinajstić information content (AvgIpc) is 2.37. The Morgan fingerprint density at radius 2 is 2.05 bits per heavy atom. The van der Waals surface area contributed by atoms with Crippen molar-refractivity contribution in [1.82, 2.24) is 5.32 Å². The van der Waals surface area contributed by atoms with E-state index in [2.05, 4.69) is 31.8 Å². The molecule has 0 aromatic heterocycles. The monoisotopic (exact) mass is 281 g/mol. The van der Waals surface area contributed by atoms with Gasteiger partial charge in [-0.25, -0.2) is 4.39 Å². The molecule has 4 heteroatoms. The van der Waals surface area contributed by atoms with Crippen molar-refractivity contribution in [2.24, 2.45) is 11.8 Å². The van der Waals surface area contributed by atoms with Crippen LogP contribution in [-0.2, 0) is 0 Å². The molecule has 104 valence electrons. The number of carbonyl (C=O) groups excluding carboxylic acids is 1. The lowest BCUT2D eigenvalue weighted by Gasteiger charge is -2.32. The number of hydrogen-bond acceptors (Lipinski definition) is 2. The fourth-order valence-electron chi connectivity index (χ4n) is 2.60. The van der Waals surface area contributed by atoms with E-state index in [4.69, 9.17) is 0 Å². The van der Waals surface area contributed by atoms with Gasteiger partial charge in [-0.2, -0.15) is 0 Å². The van der Waals surface area contributed by atoms with Crippen LogP contribution < -0.4 is 5.32 Å². The van der Waals surface area contributed by atoms with Crippen LogP contribution in [0.4, 0.5) is 4.39 Å². The summed E-state index contributed by atoms with van der Waals surface area (Å²) in [5.41, 5.74) is 0.470. The number of thiol groups is 1. The first-order valence-corrected chi connectivity index (χ1v) is 7.21. The summed E-state index contributed by atoms with van der Waals surface area (Å²) >= 11 is 4.00. The van der Waals surface area contributed by atoms with Gasteiger partial charge in [0, 0.05) is 16.5 Å². The third-order valence-corrected chi connectivity index (χ3v) is 4.48. The number of carbonyl (C=O) groups is 1. The smallest absolute Gasteiger partial charge is 0.251 e. The van der Waals surface area contributed by atoms with E-state index >= 15 is 0 Å². The van der Waals surface area contributed by atoms with Gasteiger partial charge < -0.3 is 5.32 Å². The van der Waals surface area contributed by atoms with Gasteiger partial charge in [-0.1, -0.05) is 13.8 Å². The van der Waals surface area contributed by atoms with Crippen LogP contribution in [0, 0.1) is 17.7 Å². The normalized spacial score (nSPS) is 27.1. The highest BCUT2D eigenvalue weighted by Gasteiger charge is 2.25. The van der Waals surface area contributed by atoms with Gasteiger partial charge in [-0.05, 0) is 49.3 Å². The molecule has 1 fully saturated rings. The Morgan fingerprint density at radius 1 is 1.32 bits per heavy atom. The molecule has 0 saturated heterocycles. The van der Waals surface area contributed by atoms with E-state index in [0.29, 0.717) is 11.5 Å². The molecule has 1 aromatic carbocycles. The van der Waals surface area contributed by atoms with Gasteiger partial charge in [-0.3, -0.25) is 4.79 Å². The van der Waals surface area contributed by atoms with Crippen molar-refractivity contribution < 1.29 is 9.18 Å². The van der Waals surface area contributed by atoms with Gasteiger partial charge in [-0.15, -0.1) is 12.6 Å². The van der Waals surface area contributed by atoms with Crippen molar-refractivity contribution in [2.45, 2.75) is 44.0 Å². The van der Waals surface area contributed by atoms with Crippen LogP contribution >= 0.6 is 12.6 Å². The lowest BCUT2D eigenvalue weighted by Crippen LogP contribution is -2.39. The van der Waals surface area contributed by atoms with Crippen molar-refractivity contribution in [3.63, 3.8) is 0 Å². The third kappa shape index (κ3) is 3.50. The number of hydrogen-bond donors (Lipinski definition) is 2. The Morgan fingerprint density at radius 3 is 2.68 bits per heavy atom. The first-order valence-electron chi connectivity index (χ1n) is 6.76. The second kappa shape index (κ2) is 5.95. The highest BCUT2D eigenvalue weighted by atomic mass is 32.1. The van der Waals surface area contributed by atoms with Crippen molar-refractivity contribution in [3.05, 3.63) is 29.6 Å². The van der Waals surface area contributed by atoms with Gasteiger partial charge in [0.15, 0.2) is 0 Å². The van der Waals surface area contributed by atoms with Crippen molar-refractivity contribution >= 4 is 18.5 Å². The van der Waals surface area contributed by atoms with Crippen molar-refractivity contribution in [3.8, 4) is 0 Å². The molecular weight excluding hydrogens is 261 g/mol. The molecule has 1 aromatic rings. The van der Waals surface area contributed by atoms with Gasteiger partial charge >= 0.3 is 0 Å². The maximum absolute atomic E-state index is 13.1. The van der Waals surface area contributed by atoms with Crippen LogP contribution in [0.25, 0.3) is 0 Å². The Bertz CT molecular complexity index is 477. The van der Waals surface area contributed by atoms with Crippen LogP contribution in [0.5, 0.6) is 0 Å². The molecule has 0 heterocycles. The summed E-state index contributed by atoms with van der Waals surface area (Å²) in [5, 5.41) is 3.04. The highest BCUT2D eigenvalue weighted by molar-refractivity contribution is 7.80. The van der Waals surface area contributed by atoms with Crippen LogP contribution in [-0.4, -0.2) is 11.9 Å². The SMILES string of the molecule is CC1CCC(NC(=O)c2ccc(F)c(S)c2)CC1C. The molecule has 1 aliphatic rings. The first kappa shape index (κ1) is 14.4. The molecule has 1 saturated carbocycles. The average molecular weight is 281 g/mol. The van der Waals surface area contributed by atoms with Gasteiger partial charge in [0.1, 0.15) is 5.82 Å². The summed E-state index contributed by atoms with van der Waals surface area (Å²) in [6.45, 7) is 4.49. The van der Waals surface area contributed by atoms with Gasteiger partial charge in [0.25, 0.3) is 5.91 Å². The first-order chi connectivity index (χ1) is 8.97. The summed E-state index contributed by atoms with van der Waals surface area (Å²) in [7, 11) is 0.